The van der Waals surface area contributed by atoms with Crippen molar-refractivity contribution in [1.82, 2.24) is 0 Å². The monoisotopic (exact) mass is 489 g/mol. The van der Waals surface area contributed by atoms with Crippen LogP contribution in [0.2, 0.25) is 0 Å². The summed E-state index contributed by atoms with van der Waals surface area (Å²) in [7, 11) is 1.83. The van der Waals surface area contributed by atoms with Crippen molar-refractivity contribution in [3.63, 3.8) is 0 Å². The molecule has 1 aliphatic heterocycles. The van der Waals surface area contributed by atoms with Gasteiger partial charge in [0.25, 0.3) is 11.8 Å². The van der Waals surface area contributed by atoms with Crippen LogP contribution in [0.25, 0.3) is 11.1 Å². The molecule has 5 rings (SSSR count). The van der Waals surface area contributed by atoms with Crippen molar-refractivity contribution < 1.29 is 9.59 Å². The summed E-state index contributed by atoms with van der Waals surface area (Å²) >= 11 is 0. The number of carbonyl (C=O) groups is 2. The maximum absolute atomic E-state index is 13.4. The number of benzene rings is 4. The van der Waals surface area contributed by atoms with Gasteiger partial charge in [0.15, 0.2) is 0 Å². The van der Waals surface area contributed by atoms with Crippen LogP contribution in [-0.2, 0) is 0 Å². The van der Waals surface area contributed by atoms with Gasteiger partial charge in [0.05, 0.1) is 11.4 Å². The van der Waals surface area contributed by atoms with E-state index in [9.17, 15) is 9.59 Å². The highest BCUT2D eigenvalue weighted by molar-refractivity contribution is 6.10. The normalized spacial score (nSPS) is 12.9. The van der Waals surface area contributed by atoms with Gasteiger partial charge in [-0.15, -0.1) is 0 Å². The van der Waals surface area contributed by atoms with Crippen LogP contribution in [0.3, 0.4) is 0 Å². The summed E-state index contributed by atoms with van der Waals surface area (Å²) < 4.78 is 0. The van der Waals surface area contributed by atoms with E-state index in [-0.39, 0.29) is 11.8 Å². The molecule has 4 aromatic rings. The number of rotatable bonds is 6. The van der Waals surface area contributed by atoms with Crippen LogP contribution in [0.1, 0.15) is 39.1 Å². The molecule has 0 unspecified atom stereocenters. The van der Waals surface area contributed by atoms with Crippen LogP contribution in [-0.4, -0.2) is 32.0 Å². The van der Waals surface area contributed by atoms with Crippen molar-refractivity contribution in [2.45, 2.75) is 19.8 Å². The summed E-state index contributed by atoms with van der Waals surface area (Å²) in [4.78, 5) is 30.6. The standard InChI is InChI=1S/C32H31N3O2/c1-23-14-19-29(35-20-8-9-21-35)30(22-23)34(2)32(37)25-15-17-26(18-16-25)33-31(36)28-13-7-6-12-27(28)24-10-4-3-5-11-24/h3-7,10-19,22H,8-9,20-21H2,1-2H3,(H,33,36). The van der Waals surface area contributed by atoms with E-state index >= 15 is 0 Å². The summed E-state index contributed by atoms with van der Waals surface area (Å²) in [6.45, 7) is 4.07. The number of hydrogen-bond acceptors (Lipinski definition) is 3. The zero-order valence-electron chi connectivity index (χ0n) is 21.3. The first-order valence-corrected chi connectivity index (χ1v) is 12.7. The predicted octanol–water partition coefficient (Wildman–Crippen LogP) is 6.79. The lowest BCUT2D eigenvalue weighted by atomic mass is 9.99. The van der Waals surface area contributed by atoms with Gasteiger partial charge < -0.3 is 15.1 Å². The lowest BCUT2D eigenvalue weighted by molar-refractivity contribution is 0.0991. The second-order valence-electron chi connectivity index (χ2n) is 9.49. The van der Waals surface area contributed by atoms with Crippen LogP contribution in [0.15, 0.2) is 97.1 Å². The van der Waals surface area contributed by atoms with E-state index in [2.05, 4.69) is 28.4 Å². The lowest BCUT2D eigenvalue weighted by Crippen LogP contribution is -2.29. The Morgan fingerprint density at radius 3 is 2.22 bits per heavy atom. The second-order valence-corrected chi connectivity index (χ2v) is 9.49. The molecule has 0 aromatic heterocycles. The molecule has 186 valence electrons. The van der Waals surface area contributed by atoms with Crippen LogP contribution in [0.4, 0.5) is 17.1 Å². The number of aryl methyl sites for hydroxylation is 1. The van der Waals surface area contributed by atoms with Crippen LogP contribution in [0.5, 0.6) is 0 Å². The Morgan fingerprint density at radius 2 is 1.49 bits per heavy atom. The number of hydrogen-bond donors (Lipinski definition) is 1. The minimum absolute atomic E-state index is 0.0849. The van der Waals surface area contributed by atoms with E-state index in [4.69, 9.17) is 0 Å². The SMILES string of the molecule is Cc1ccc(N2CCCC2)c(N(C)C(=O)c2ccc(NC(=O)c3ccccc3-c3ccccc3)cc2)c1. The highest BCUT2D eigenvalue weighted by Gasteiger charge is 2.22. The Hall–Kier alpha value is -4.38. The van der Waals surface area contributed by atoms with E-state index < -0.39 is 0 Å². The molecule has 1 heterocycles. The molecule has 0 saturated carbocycles. The molecule has 5 heteroatoms. The summed E-state index contributed by atoms with van der Waals surface area (Å²) in [5, 5.41) is 2.98. The number of anilines is 3. The van der Waals surface area contributed by atoms with E-state index in [1.165, 1.54) is 12.8 Å². The number of nitrogens with zero attached hydrogens (tertiary/aromatic N) is 2. The minimum Gasteiger partial charge on any atom is -0.370 e. The lowest BCUT2D eigenvalue weighted by Gasteiger charge is -2.27. The first-order valence-electron chi connectivity index (χ1n) is 12.7. The molecule has 0 bridgehead atoms. The highest BCUT2D eigenvalue weighted by atomic mass is 16.2. The smallest absolute Gasteiger partial charge is 0.258 e. The van der Waals surface area contributed by atoms with Crippen molar-refractivity contribution in [3.05, 3.63) is 114 Å². The first kappa shape index (κ1) is 24.3. The molecule has 1 aliphatic rings. The Kier molecular flexibility index (Phi) is 7.04. The van der Waals surface area contributed by atoms with Crippen molar-refractivity contribution in [2.24, 2.45) is 0 Å². The fraction of sp³-hybridized carbons (Fsp3) is 0.188. The Labute approximate surface area is 218 Å². The highest BCUT2D eigenvalue weighted by Crippen LogP contribution is 2.33. The Bertz CT molecular complexity index is 1410. The van der Waals surface area contributed by atoms with E-state index in [1.807, 2.05) is 68.6 Å². The van der Waals surface area contributed by atoms with Crippen molar-refractivity contribution in [2.75, 3.05) is 35.3 Å². The zero-order valence-corrected chi connectivity index (χ0v) is 21.3. The van der Waals surface area contributed by atoms with E-state index in [0.29, 0.717) is 16.8 Å². The quantitative estimate of drug-likeness (QED) is 0.324. The number of amides is 2. The van der Waals surface area contributed by atoms with Gasteiger partial charge in [0, 0.05) is 37.0 Å². The van der Waals surface area contributed by atoms with Crippen molar-refractivity contribution in [3.8, 4) is 11.1 Å². The van der Waals surface area contributed by atoms with Crippen LogP contribution in [0, 0.1) is 6.92 Å². The molecular weight excluding hydrogens is 458 g/mol. The summed E-state index contributed by atoms with van der Waals surface area (Å²) in [5.41, 5.74) is 6.80. The van der Waals surface area contributed by atoms with Gasteiger partial charge in [-0.3, -0.25) is 9.59 Å². The summed E-state index contributed by atoms with van der Waals surface area (Å²) in [6.07, 6.45) is 2.35. The molecule has 1 fully saturated rings. The van der Waals surface area contributed by atoms with Gasteiger partial charge in [-0.25, -0.2) is 0 Å². The third kappa shape index (κ3) is 5.26. The molecule has 5 nitrogen and oxygen atoms in total. The molecule has 1 N–H and O–H groups in total. The van der Waals surface area contributed by atoms with Gasteiger partial charge >= 0.3 is 0 Å². The fourth-order valence-corrected chi connectivity index (χ4v) is 4.88. The zero-order chi connectivity index (χ0) is 25.8. The maximum atomic E-state index is 13.4. The molecule has 0 aliphatic carbocycles. The molecule has 4 aromatic carbocycles. The number of nitrogens with one attached hydrogen (secondary N) is 1. The predicted molar refractivity (Wildman–Crippen MR) is 152 cm³/mol. The third-order valence-corrected chi connectivity index (χ3v) is 6.89. The molecule has 0 radical (unpaired) electrons. The maximum Gasteiger partial charge on any atom is 0.258 e. The van der Waals surface area contributed by atoms with Gasteiger partial charge in [-0.1, -0.05) is 54.6 Å². The fourth-order valence-electron chi connectivity index (χ4n) is 4.88. The van der Waals surface area contributed by atoms with E-state index in [0.717, 1.165) is 41.2 Å². The third-order valence-electron chi connectivity index (χ3n) is 6.89. The van der Waals surface area contributed by atoms with Crippen LogP contribution >= 0.6 is 0 Å². The minimum atomic E-state index is -0.189. The molecule has 1 saturated heterocycles. The van der Waals surface area contributed by atoms with Gasteiger partial charge in [-0.2, -0.15) is 0 Å². The largest absolute Gasteiger partial charge is 0.370 e. The summed E-state index contributed by atoms with van der Waals surface area (Å²) in [5.74, 6) is -0.274. The van der Waals surface area contributed by atoms with Gasteiger partial charge in [0.1, 0.15) is 0 Å². The van der Waals surface area contributed by atoms with Gasteiger partial charge in [0.2, 0.25) is 0 Å². The van der Waals surface area contributed by atoms with E-state index in [1.54, 1.807) is 29.2 Å². The molecule has 37 heavy (non-hydrogen) atoms. The molecular formula is C32H31N3O2. The summed E-state index contributed by atoms with van der Waals surface area (Å²) in [6, 6.07) is 30.8. The topological polar surface area (TPSA) is 52.6 Å². The average molecular weight is 490 g/mol. The number of carbonyl (C=O) groups excluding carboxylic acids is 2. The molecule has 0 atom stereocenters. The average Bonchev–Trinajstić information content (AvgIpc) is 3.48. The van der Waals surface area contributed by atoms with Gasteiger partial charge in [-0.05, 0) is 78.9 Å². The van der Waals surface area contributed by atoms with Crippen molar-refractivity contribution in [1.29, 1.82) is 0 Å². The molecule has 0 spiro atoms. The Balaban J connectivity index is 1.33. The first-order chi connectivity index (χ1) is 18.0. The Morgan fingerprint density at radius 1 is 0.811 bits per heavy atom. The molecule has 2 amide bonds. The van der Waals surface area contributed by atoms with Crippen LogP contribution < -0.4 is 15.1 Å². The van der Waals surface area contributed by atoms with Crippen molar-refractivity contribution >= 4 is 28.9 Å². The second kappa shape index (κ2) is 10.7.